The SMILES string of the molecule is C[Si](C)(C)c1cc(-c2cc(-c3cc([Si](C)(C)C)cc([Si](C)(C)C)c3)c3ccc4c(-c5ccc(-c6ccccc6)c6ccccc56)cc(-c5cc([Si](C)(C)C)cc([Si](C)(C)C)c5)c5ccc2c3c54)cc([Si](C)(C)C)c1. The van der Waals surface area contributed by atoms with E-state index in [1.54, 1.807) is 31.1 Å². The van der Waals surface area contributed by atoms with Gasteiger partial charge in [0, 0.05) is 0 Å². The summed E-state index contributed by atoms with van der Waals surface area (Å²) >= 11 is 0. The molecular formula is C68H80Si6. The van der Waals surface area contributed by atoms with Crippen molar-refractivity contribution in [1.29, 1.82) is 0 Å². The molecule has 0 aromatic heterocycles. The van der Waals surface area contributed by atoms with E-state index in [-0.39, 0.29) is 0 Å². The lowest BCUT2D eigenvalue weighted by Crippen LogP contribution is -2.45. The van der Waals surface area contributed by atoms with Crippen molar-refractivity contribution in [2.45, 2.75) is 118 Å². The molecule has 0 nitrogen and oxygen atoms in total. The van der Waals surface area contributed by atoms with Gasteiger partial charge in [-0.15, -0.1) is 0 Å². The second-order valence-corrected chi connectivity index (χ2v) is 58.4. The Morgan fingerprint density at radius 2 is 0.459 bits per heavy atom. The average Bonchev–Trinajstić information content (AvgIpc) is 3.33. The largest absolute Gasteiger partial charge is 0.0776 e. The fourth-order valence-electron chi connectivity index (χ4n) is 11.3. The van der Waals surface area contributed by atoms with Gasteiger partial charge in [0.2, 0.25) is 0 Å². The zero-order chi connectivity index (χ0) is 53.2. The summed E-state index contributed by atoms with van der Waals surface area (Å²) < 4.78 is 0. The van der Waals surface area contributed by atoms with Gasteiger partial charge in [0.15, 0.2) is 0 Å². The Labute approximate surface area is 450 Å². The van der Waals surface area contributed by atoms with Crippen molar-refractivity contribution in [1.82, 2.24) is 0 Å². The van der Waals surface area contributed by atoms with Crippen molar-refractivity contribution in [2.75, 3.05) is 0 Å². The standard InChI is InChI=1S/C68H80Si6/c1-69(2,3)49-34-46(35-50(40-49)70(4,5)6)63-43-64(47-36-51(71(7,8)9)41-52(37-47)72(10,11)12)60-32-33-62-66(58-29-28-55(45-24-20-19-21-25-45)56-26-22-23-27-57(56)58)44-65(61-31-30-59(63)67(60)68(61)62)48-38-53(73(13,14)15)42-54(39-48)74(16,17)18/h19-44H,1-18H3. The van der Waals surface area contributed by atoms with Crippen LogP contribution in [0.2, 0.25) is 118 Å². The molecule has 74 heavy (non-hydrogen) atoms. The zero-order valence-corrected chi connectivity index (χ0v) is 54.0. The Balaban J connectivity index is 1.43. The molecule has 0 saturated carbocycles. The normalized spacial score (nSPS) is 13.3. The van der Waals surface area contributed by atoms with E-state index in [1.165, 1.54) is 98.7 Å². The van der Waals surface area contributed by atoms with Gasteiger partial charge in [0.1, 0.15) is 0 Å². The van der Waals surface area contributed by atoms with Gasteiger partial charge in [0.25, 0.3) is 0 Å². The van der Waals surface area contributed by atoms with Gasteiger partial charge < -0.3 is 0 Å². The number of fused-ring (bicyclic) bond motifs is 1. The second kappa shape index (κ2) is 18.2. The molecule has 0 amide bonds. The van der Waals surface area contributed by atoms with Crippen molar-refractivity contribution in [3.8, 4) is 55.6 Å². The fourth-order valence-corrected chi connectivity index (χ4v) is 18.8. The van der Waals surface area contributed by atoms with Crippen molar-refractivity contribution in [3.63, 3.8) is 0 Å². The molecule has 0 aliphatic heterocycles. The summed E-state index contributed by atoms with van der Waals surface area (Å²) in [6, 6.07) is 63.7. The maximum Gasteiger partial charge on any atom is 0.0776 e. The fraction of sp³-hybridized carbons (Fsp3) is 0.265. The Bertz CT molecular complexity index is 3630. The molecule has 0 aliphatic rings. The van der Waals surface area contributed by atoms with Gasteiger partial charge in [-0.25, -0.2) is 0 Å². The molecule has 0 saturated heterocycles. The third-order valence-electron chi connectivity index (χ3n) is 16.1. The summed E-state index contributed by atoms with van der Waals surface area (Å²) in [5.74, 6) is 0. The first-order valence-electron chi connectivity index (χ1n) is 27.3. The predicted molar refractivity (Wildman–Crippen MR) is 353 cm³/mol. The highest BCUT2D eigenvalue weighted by Gasteiger charge is 2.30. The molecule has 10 aromatic rings. The molecule has 0 spiro atoms. The summed E-state index contributed by atoms with van der Waals surface area (Å²) in [6.07, 6.45) is 0. The predicted octanol–water partition coefficient (Wildman–Crippen LogP) is 17.3. The van der Waals surface area contributed by atoms with E-state index in [1.807, 2.05) is 0 Å². The van der Waals surface area contributed by atoms with E-state index in [9.17, 15) is 0 Å². The number of rotatable bonds is 11. The third-order valence-corrected chi connectivity index (χ3v) is 28.3. The lowest BCUT2D eigenvalue weighted by molar-refractivity contribution is 1.62. The summed E-state index contributed by atoms with van der Waals surface area (Å²) in [7, 11) is -10.3. The average molecular weight is 1070 g/mol. The van der Waals surface area contributed by atoms with E-state index < -0.39 is 48.4 Å². The third kappa shape index (κ3) is 9.69. The van der Waals surface area contributed by atoms with E-state index >= 15 is 0 Å². The topological polar surface area (TPSA) is 0 Å². The quantitative estimate of drug-likeness (QED) is 0.0894. The highest BCUT2D eigenvalue weighted by Crippen LogP contribution is 2.50. The summed E-state index contributed by atoms with van der Waals surface area (Å²) in [5.41, 5.74) is 13.3. The Kier molecular flexibility index (Phi) is 12.9. The lowest BCUT2D eigenvalue weighted by Gasteiger charge is -2.27. The van der Waals surface area contributed by atoms with Crippen LogP contribution in [0.1, 0.15) is 0 Å². The molecule has 10 aromatic carbocycles. The number of hydrogen-bond donors (Lipinski definition) is 0. The Hall–Kier alpha value is -5.20. The Morgan fingerprint density at radius 1 is 0.189 bits per heavy atom. The van der Waals surface area contributed by atoms with Crippen LogP contribution >= 0.6 is 0 Å². The molecule has 0 bridgehead atoms. The first-order chi connectivity index (χ1) is 34.5. The van der Waals surface area contributed by atoms with E-state index in [0.29, 0.717) is 0 Å². The van der Waals surface area contributed by atoms with Crippen LogP contribution < -0.4 is 31.1 Å². The van der Waals surface area contributed by atoms with Crippen LogP contribution in [0, 0.1) is 0 Å². The van der Waals surface area contributed by atoms with Gasteiger partial charge in [-0.3, -0.25) is 0 Å². The van der Waals surface area contributed by atoms with Crippen molar-refractivity contribution in [3.05, 3.63) is 158 Å². The van der Waals surface area contributed by atoms with Gasteiger partial charge in [-0.05, 0) is 111 Å². The molecule has 0 N–H and O–H groups in total. The maximum atomic E-state index is 2.63. The minimum absolute atomic E-state index is 1.25. The van der Waals surface area contributed by atoms with Crippen LogP contribution in [0.25, 0.3) is 98.7 Å². The molecule has 0 fully saturated rings. The second-order valence-electron chi connectivity index (χ2n) is 28.0. The van der Waals surface area contributed by atoms with Gasteiger partial charge in [0.05, 0.1) is 48.4 Å². The van der Waals surface area contributed by atoms with Crippen molar-refractivity contribution < 1.29 is 0 Å². The molecule has 0 unspecified atom stereocenters. The highest BCUT2D eigenvalue weighted by atomic mass is 28.3. The van der Waals surface area contributed by atoms with Crippen LogP contribution in [-0.4, -0.2) is 48.4 Å². The minimum Gasteiger partial charge on any atom is -0.0656 e. The molecule has 6 heteroatoms. The summed E-state index contributed by atoms with van der Waals surface area (Å²) in [6.45, 7) is 45.5. The van der Waals surface area contributed by atoms with Crippen LogP contribution in [0.15, 0.2) is 158 Å². The zero-order valence-electron chi connectivity index (χ0n) is 48.0. The van der Waals surface area contributed by atoms with Crippen LogP contribution in [0.5, 0.6) is 0 Å². The highest BCUT2D eigenvalue weighted by molar-refractivity contribution is 6.93. The number of benzene rings is 10. The molecule has 0 aliphatic carbocycles. The van der Waals surface area contributed by atoms with Crippen molar-refractivity contribution in [2.24, 2.45) is 0 Å². The molecule has 0 atom stereocenters. The monoisotopic (exact) mass is 1060 g/mol. The first kappa shape index (κ1) is 52.3. The van der Waals surface area contributed by atoms with E-state index in [0.717, 1.165) is 0 Å². The van der Waals surface area contributed by atoms with E-state index in [2.05, 4.69) is 276 Å². The van der Waals surface area contributed by atoms with Gasteiger partial charge in [-0.1, -0.05) is 295 Å². The molecular weight excluding hydrogens is 985 g/mol. The van der Waals surface area contributed by atoms with Crippen LogP contribution in [0.3, 0.4) is 0 Å². The molecule has 0 radical (unpaired) electrons. The summed E-state index contributed by atoms with van der Waals surface area (Å²) in [4.78, 5) is 0. The first-order valence-corrected chi connectivity index (χ1v) is 48.3. The van der Waals surface area contributed by atoms with Crippen molar-refractivity contribution >= 4 is 123 Å². The molecule has 10 rings (SSSR count). The van der Waals surface area contributed by atoms with E-state index in [4.69, 9.17) is 0 Å². The summed E-state index contributed by atoms with van der Waals surface area (Å²) in [5, 5.41) is 20.0. The van der Waals surface area contributed by atoms with Crippen LogP contribution in [-0.2, 0) is 0 Å². The molecule has 0 heterocycles. The van der Waals surface area contributed by atoms with Gasteiger partial charge >= 0.3 is 0 Å². The van der Waals surface area contributed by atoms with Crippen LogP contribution in [0.4, 0.5) is 0 Å². The minimum atomic E-state index is -1.72. The Morgan fingerprint density at radius 3 is 0.784 bits per heavy atom. The van der Waals surface area contributed by atoms with Gasteiger partial charge in [-0.2, -0.15) is 0 Å². The lowest BCUT2D eigenvalue weighted by atomic mass is 9.81. The molecule has 376 valence electrons. The maximum absolute atomic E-state index is 2.63. The smallest absolute Gasteiger partial charge is 0.0656 e. The number of hydrogen-bond acceptors (Lipinski definition) is 0.